The molecule has 128 valence electrons. The van der Waals surface area contributed by atoms with Crippen LogP contribution in [0.1, 0.15) is 49.7 Å². The van der Waals surface area contributed by atoms with Crippen molar-refractivity contribution in [1.29, 1.82) is 0 Å². The first-order valence-corrected chi connectivity index (χ1v) is 9.84. The largest absolute Gasteiger partial charge is 0.299 e. The van der Waals surface area contributed by atoms with Gasteiger partial charge in [0.25, 0.3) is 0 Å². The van der Waals surface area contributed by atoms with Crippen molar-refractivity contribution in [2.75, 3.05) is 26.2 Å². The Kier molecular flexibility index (Phi) is 5.15. The van der Waals surface area contributed by atoms with E-state index in [0.717, 1.165) is 13.1 Å². The summed E-state index contributed by atoms with van der Waals surface area (Å²) in [6.07, 6.45) is 8.30. The number of likely N-dealkylation sites (tertiary alicyclic amines) is 2. The van der Waals surface area contributed by atoms with E-state index in [1.54, 1.807) is 11.1 Å². The van der Waals surface area contributed by atoms with Crippen LogP contribution in [-0.2, 0) is 13.1 Å². The average molecular weight is 322 g/mol. The van der Waals surface area contributed by atoms with E-state index in [9.17, 15) is 0 Å². The Balaban J connectivity index is 1.64. The van der Waals surface area contributed by atoms with Crippen LogP contribution in [0.25, 0.3) is 10.8 Å². The molecule has 0 unspecified atom stereocenters. The van der Waals surface area contributed by atoms with Gasteiger partial charge in [0.2, 0.25) is 0 Å². The number of piperidine rings is 2. The third kappa shape index (κ3) is 3.65. The van der Waals surface area contributed by atoms with Crippen LogP contribution in [0.2, 0.25) is 0 Å². The summed E-state index contributed by atoms with van der Waals surface area (Å²) in [5.41, 5.74) is 3.14. The van der Waals surface area contributed by atoms with E-state index < -0.39 is 0 Å². The molecule has 0 amide bonds. The van der Waals surface area contributed by atoms with Crippen molar-refractivity contribution >= 4 is 10.8 Å². The molecule has 2 fully saturated rings. The smallest absolute Gasteiger partial charge is 0.0243 e. The fourth-order valence-electron chi connectivity index (χ4n) is 4.42. The van der Waals surface area contributed by atoms with Crippen LogP contribution in [0.4, 0.5) is 0 Å². The van der Waals surface area contributed by atoms with Gasteiger partial charge in [0.05, 0.1) is 0 Å². The first-order valence-electron chi connectivity index (χ1n) is 9.84. The molecule has 0 aromatic heterocycles. The molecule has 0 atom stereocenters. The van der Waals surface area contributed by atoms with E-state index in [-0.39, 0.29) is 0 Å². The Morgan fingerprint density at radius 3 is 1.96 bits per heavy atom. The molecule has 0 bridgehead atoms. The molecule has 0 aliphatic carbocycles. The highest BCUT2D eigenvalue weighted by Gasteiger charge is 2.17. The summed E-state index contributed by atoms with van der Waals surface area (Å²) in [6.45, 7) is 7.35. The summed E-state index contributed by atoms with van der Waals surface area (Å²) in [7, 11) is 0. The fraction of sp³-hybridized carbons (Fsp3) is 0.545. The zero-order valence-corrected chi connectivity index (χ0v) is 14.8. The van der Waals surface area contributed by atoms with Gasteiger partial charge in [0, 0.05) is 13.1 Å². The van der Waals surface area contributed by atoms with Crippen LogP contribution in [0.15, 0.2) is 36.4 Å². The van der Waals surface area contributed by atoms with Gasteiger partial charge in [-0.3, -0.25) is 9.80 Å². The van der Waals surface area contributed by atoms with Gasteiger partial charge in [0.1, 0.15) is 0 Å². The summed E-state index contributed by atoms with van der Waals surface area (Å²) in [6, 6.07) is 13.7. The predicted molar refractivity (Wildman–Crippen MR) is 102 cm³/mol. The zero-order chi connectivity index (χ0) is 16.2. The Hall–Kier alpha value is -1.38. The Labute approximate surface area is 146 Å². The van der Waals surface area contributed by atoms with Gasteiger partial charge < -0.3 is 0 Å². The SMILES string of the molecule is c1ccc2c(CN3CCCCC3)c(CN3CCCCC3)ccc2c1. The van der Waals surface area contributed by atoms with Crippen molar-refractivity contribution in [3.63, 3.8) is 0 Å². The van der Waals surface area contributed by atoms with Crippen LogP contribution in [0.5, 0.6) is 0 Å². The molecule has 2 aromatic rings. The van der Waals surface area contributed by atoms with E-state index in [0.29, 0.717) is 0 Å². The maximum absolute atomic E-state index is 2.67. The first-order chi connectivity index (χ1) is 11.9. The van der Waals surface area contributed by atoms with Gasteiger partial charge in [-0.2, -0.15) is 0 Å². The molecule has 2 heterocycles. The van der Waals surface area contributed by atoms with E-state index >= 15 is 0 Å². The van der Waals surface area contributed by atoms with Gasteiger partial charge in [-0.25, -0.2) is 0 Å². The van der Waals surface area contributed by atoms with Gasteiger partial charge in [-0.05, 0) is 73.8 Å². The lowest BCUT2D eigenvalue weighted by atomic mass is 9.96. The highest BCUT2D eigenvalue weighted by Crippen LogP contribution is 2.27. The van der Waals surface area contributed by atoms with Gasteiger partial charge in [0.15, 0.2) is 0 Å². The number of fused-ring (bicyclic) bond motifs is 1. The van der Waals surface area contributed by atoms with E-state index in [1.165, 1.54) is 75.5 Å². The molecule has 24 heavy (non-hydrogen) atoms. The molecule has 2 heteroatoms. The Bertz CT molecular complexity index is 667. The van der Waals surface area contributed by atoms with Crippen LogP contribution < -0.4 is 0 Å². The minimum Gasteiger partial charge on any atom is -0.299 e. The zero-order valence-electron chi connectivity index (χ0n) is 14.8. The highest BCUT2D eigenvalue weighted by atomic mass is 15.1. The van der Waals surface area contributed by atoms with Crippen LogP contribution >= 0.6 is 0 Å². The first kappa shape index (κ1) is 16.1. The van der Waals surface area contributed by atoms with Gasteiger partial charge in [-0.15, -0.1) is 0 Å². The number of hydrogen-bond acceptors (Lipinski definition) is 2. The molecule has 2 aliphatic rings. The Morgan fingerprint density at radius 2 is 1.25 bits per heavy atom. The van der Waals surface area contributed by atoms with Crippen LogP contribution in [0.3, 0.4) is 0 Å². The number of rotatable bonds is 4. The molecule has 2 aliphatic heterocycles. The molecule has 0 saturated carbocycles. The van der Waals surface area contributed by atoms with Crippen molar-refractivity contribution in [2.45, 2.75) is 51.6 Å². The molecule has 4 rings (SSSR count). The number of benzene rings is 2. The van der Waals surface area contributed by atoms with Crippen molar-refractivity contribution in [3.8, 4) is 0 Å². The van der Waals surface area contributed by atoms with Crippen molar-refractivity contribution in [1.82, 2.24) is 9.80 Å². The van der Waals surface area contributed by atoms with E-state index in [4.69, 9.17) is 0 Å². The molecule has 0 radical (unpaired) electrons. The van der Waals surface area contributed by atoms with Crippen molar-refractivity contribution < 1.29 is 0 Å². The van der Waals surface area contributed by atoms with Crippen molar-refractivity contribution in [3.05, 3.63) is 47.5 Å². The number of nitrogens with zero attached hydrogens (tertiary/aromatic N) is 2. The van der Waals surface area contributed by atoms with E-state index in [1.807, 2.05) is 0 Å². The highest BCUT2D eigenvalue weighted by molar-refractivity contribution is 5.86. The second kappa shape index (κ2) is 7.67. The second-order valence-corrected chi connectivity index (χ2v) is 7.60. The fourth-order valence-corrected chi connectivity index (χ4v) is 4.42. The lowest BCUT2D eigenvalue weighted by molar-refractivity contribution is 0.210. The van der Waals surface area contributed by atoms with Crippen molar-refractivity contribution in [2.24, 2.45) is 0 Å². The predicted octanol–water partition coefficient (Wildman–Crippen LogP) is 4.81. The Morgan fingerprint density at radius 1 is 0.625 bits per heavy atom. The second-order valence-electron chi connectivity index (χ2n) is 7.60. The summed E-state index contributed by atoms with van der Waals surface area (Å²) in [5.74, 6) is 0. The molecule has 2 nitrogen and oxygen atoms in total. The van der Waals surface area contributed by atoms with Gasteiger partial charge in [-0.1, -0.05) is 49.2 Å². The van der Waals surface area contributed by atoms with Gasteiger partial charge >= 0.3 is 0 Å². The molecular formula is C22H30N2. The summed E-state index contributed by atoms with van der Waals surface area (Å²) in [4.78, 5) is 5.33. The molecule has 0 N–H and O–H groups in total. The average Bonchev–Trinajstić information content (AvgIpc) is 2.65. The monoisotopic (exact) mass is 322 g/mol. The number of hydrogen-bond donors (Lipinski definition) is 0. The third-order valence-electron chi connectivity index (χ3n) is 5.81. The lowest BCUT2D eigenvalue weighted by Crippen LogP contribution is -2.32. The maximum atomic E-state index is 2.67. The molecule has 2 aromatic carbocycles. The maximum Gasteiger partial charge on any atom is 0.0243 e. The minimum atomic E-state index is 1.13. The normalized spacial score (nSPS) is 20.5. The molecular weight excluding hydrogens is 292 g/mol. The lowest BCUT2D eigenvalue weighted by Gasteiger charge is -2.30. The molecule has 2 saturated heterocycles. The third-order valence-corrected chi connectivity index (χ3v) is 5.81. The van der Waals surface area contributed by atoms with E-state index in [2.05, 4.69) is 46.2 Å². The molecule has 0 spiro atoms. The summed E-state index contributed by atoms with van der Waals surface area (Å²) >= 11 is 0. The quantitative estimate of drug-likeness (QED) is 0.797. The standard InChI is InChI=1S/C22H30N2/c1-5-13-23(14-6-1)17-20-12-11-19-9-3-4-10-21(19)22(20)18-24-15-7-2-8-16-24/h3-4,9-12H,1-2,5-8,13-18H2. The minimum absolute atomic E-state index is 1.13. The van der Waals surface area contributed by atoms with Crippen LogP contribution in [-0.4, -0.2) is 36.0 Å². The van der Waals surface area contributed by atoms with Crippen LogP contribution in [0, 0.1) is 0 Å². The summed E-state index contributed by atoms with van der Waals surface area (Å²) < 4.78 is 0. The topological polar surface area (TPSA) is 6.48 Å². The summed E-state index contributed by atoms with van der Waals surface area (Å²) in [5, 5.41) is 2.87.